The molecule has 2 aliphatic heterocycles. The van der Waals surface area contributed by atoms with Crippen LogP contribution in [0.15, 0.2) is 30.0 Å². The number of hydrogen-bond donors (Lipinski definition) is 0. The van der Waals surface area contributed by atoms with E-state index in [1.807, 2.05) is 38.1 Å². The quantitative estimate of drug-likeness (QED) is 0.465. The van der Waals surface area contributed by atoms with Gasteiger partial charge in [-0.05, 0) is 62.6 Å². The average molecular weight is 439 g/mol. The van der Waals surface area contributed by atoms with Gasteiger partial charge in [-0.3, -0.25) is 14.5 Å². The molecule has 2 unspecified atom stereocenters. The first-order chi connectivity index (χ1) is 15.3. The molecular formula is C27H38N2O3. The molecule has 32 heavy (non-hydrogen) atoms. The van der Waals surface area contributed by atoms with Crippen molar-refractivity contribution in [2.45, 2.75) is 84.8 Å². The number of likely N-dealkylation sites (tertiary alicyclic amines) is 1. The van der Waals surface area contributed by atoms with Gasteiger partial charge < -0.3 is 9.64 Å². The van der Waals surface area contributed by atoms with Gasteiger partial charge >= 0.3 is 0 Å². The first-order valence-electron chi connectivity index (χ1n) is 12.5. The van der Waals surface area contributed by atoms with E-state index >= 15 is 0 Å². The van der Waals surface area contributed by atoms with Crippen LogP contribution >= 0.6 is 0 Å². The lowest BCUT2D eigenvalue weighted by molar-refractivity contribution is -0.140. The maximum atomic E-state index is 13.8. The van der Waals surface area contributed by atoms with Crippen molar-refractivity contribution < 1.29 is 14.3 Å². The Labute approximate surface area is 192 Å². The molecule has 1 aromatic rings. The minimum Gasteiger partial charge on any atom is -0.491 e. The lowest BCUT2D eigenvalue weighted by Crippen LogP contribution is -2.44. The molecule has 1 saturated carbocycles. The molecule has 5 nitrogen and oxygen atoms in total. The first kappa shape index (κ1) is 22.9. The number of piperidine rings is 1. The average Bonchev–Trinajstić information content (AvgIpc) is 2.89. The van der Waals surface area contributed by atoms with E-state index in [2.05, 4.69) is 18.7 Å². The second-order valence-corrected chi connectivity index (χ2v) is 10.4. The molecule has 174 valence electrons. The molecule has 2 atom stereocenters. The molecule has 1 aromatic carbocycles. The summed E-state index contributed by atoms with van der Waals surface area (Å²) in [7, 11) is 0. The van der Waals surface area contributed by atoms with Gasteiger partial charge in [0, 0.05) is 19.1 Å². The van der Waals surface area contributed by atoms with Crippen LogP contribution in [0.1, 0.15) is 78.2 Å². The van der Waals surface area contributed by atoms with E-state index in [-0.39, 0.29) is 24.0 Å². The zero-order valence-electron chi connectivity index (χ0n) is 20.1. The Hall–Kier alpha value is -2.30. The highest BCUT2D eigenvalue weighted by Crippen LogP contribution is 2.38. The lowest BCUT2D eigenvalue weighted by atomic mass is 9.91. The molecule has 0 radical (unpaired) electrons. The summed E-state index contributed by atoms with van der Waals surface area (Å²) in [4.78, 5) is 31.4. The predicted octanol–water partition coefficient (Wildman–Crippen LogP) is 5.25. The summed E-state index contributed by atoms with van der Waals surface area (Å²) >= 11 is 0. The summed E-state index contributed by atoms with van der Waals surface area (Å²) in [5, 5.41) is 0. The summed E-state index contributed by atoms with van der Waals surface area (Å²) in [5.41, 5.74) is 2.02. The van der Waals surface area contributed by atoms with Gasteiger partial charge in [-0.15, -0.1) is 0 Å². The van der Waals surface area contributed by atoms with Crippen LogP contribution in [-0.4, -0.2) is 46.8 Å². The van der Waals surface area contributed by atoms with Crippen molar-refractivity contribution >= 4 is 17.4 Å². The molecule has 0 aromatic heterocycles. The number of carbonyl (C=O) groups excluding carboxylic acids is 2. The SMILES string of the molecule is CC1CC(C)CN(C2=C(c3ccc(OC(C)C)cc3)C(=O)N(C3CCCCCC3)C2=O)C1. The summed E-state index contributed by atoms with van der Waals surface area (Å²) in [6.07, 6.45) is 7.66. The minimum absolute atomic E-state index is 0.0215. The first-order valence-corrected chi connectivity index (χ1v) is 12.5. The molecule has 0 bridgehead atoms. The smallest absolute Gasteiger partial charge is 0.278 e. The van der Waals surface area contributed by atoms with Crippen LogP contribution in [-0.2, 0) is 9.59 Å². The van der Waals surface area contributed by atoms with Crippen molar-refractivity contribution in [2.75, 3.05) is 13.1 Å². The maximum absolute atomic E-state index is 13.8. The Morgan fingerprint density at radius 3 is 2.03 bits per heavy atom. The minimum atomic E-state index is -0.111. The fourth-order valence-corrected chi connectivity index (χ4v) is 5.75. The number of hydrogen-bond acceptors (Lipinski definition) is 4. The summed E-state index contributed by atoms with van der Waals surface area (Å²) in [6.45, 7) is 10.1. The number of ether oxygens (including phenoxy) is 1. The third-order valence-corrected chi connectivity index (χ3v) is 6.98. The standard InChI is InChI=1S/C27H38N2O3/c1-18(2)32-23-13-11-21(12-14-23)24-25(28-16-19(3)15-20(4)17-28)27(31)29(26(24)30)22-9-7-5-6-8-10-22/h11-14,18-20,22H,5-10,15-17H2,1-4H3. The van der Waals surface area contributed by atoms with Crippen LogP contribution in [0, 0.1) is 11.8 Å². The third kappa shape index (κ3) is 4.72. The van der Waals surface area contributed by atoms with Crippen LogP contribution in [0.2, 0.25) is 0 Å². The highest BCUT2D eigenvalue weighted by Gasteiger charge is 2.45. The highest BCUT2D eigenvalue weighted by atomic mass is 16.5. The van der Waals surface area contributed by atoms with Gasteiger partial charge in [0.25, 0.3) is 11.8 Å². The molecule has 1 aliphatic carbocycles. The maximum Gasteiger partial charge on any atom is 0.278 e. The number of nitrogens with zero attached hydrogens (tertiary/aromatic N) is 2. The molecule has 0 N–H and O–H groups in total. The van der Waals surface area contributed by atoms with E-state index in [0.29, 0.717) is 23.1 Å². The Morgan fingerprint density at radius 2 is 1.47 bits per heavy atom. The van der Waals surface area contributed by atoms with Gasteiger partial charge in [0.15, 0.2) is 0 Å². The summed E-state index contributed by atoms with van der Waals surface area (Å²) in [6, 6.07) is 7.71. The van der Waals surface area contributed by atoms with E-state index in [0.717, 1.165) is 56.5 Å². The lowest BCUT2D eigenvalue weighted by Gasteiger charge is -2.37. The summed E-state index contributed by atoms with van der Waals surface area (Å²) < 4.78 is 5.79. The van der Waals surface area contributed by atoms with Crippen LogP contribution in [0.3, 0.4) is 0 Å². The number of imide groups is 1. The molecule has 4 rings (SSSR count). The van der Waals surface area contributed by atoms with Gasteiger partial charge in [0.2, 0.25) is 0 Å². The topological polar surface area (TPSA) is 49.9 Å². The van der Waals surface area contributed by atoms with Crippen molar-refractivity contribution in [2.24, 2.45) is 11.8 Å². The Balaban J connectivity index is 1.72. The van der Waals surface area contributed by atoms with E-state index in [4.69, 9.17) is 4.74 Å². The van der Waals surface area contributed by atoms with Crippen molar-refractivity contribution in [3.8, 4) is 5.75 Å². The largest absolute Gasteiger partial charge is 0.491 e. The van der Waals surface area contributed by atoms with Crippen molar-refractivity contribution in [3.05, 3.63) is 35.5 Å². The fourth-order valence-electron chi connectivity index (χ4n) is 5.75. The summed E-state index contributed by atoms with van der Waals surface area (Å²) in [5.74, 6) is 1.60. The van der Waals surface area contributed by atoms with Crippen molar-refractivity contribution in [3.63, 3.8) is 0 Å². The number of rotatable bonds is 5. The Kier molecular flexibility index (Phi) is 6.92. The van der Waals surface area contributed by atoms with E-state index in [9.17, 15) is 9.59 Å². The number of benzene rings is 1. The van der Waals surface area contributed by atoms with Crippen LogP contribution in [0.4, 0.5) is 0 Å². The van der Waals surface area contributed by atoms with Gasteiger partial charge in [-0.1, -0.05) is 51.7 Å². The van der Waals surface area contributed by atoms with Gasteiger partial charge in [-0.2, -0.15) is 0 Å². The zero-order chi connectivity index (χ0) is 22.8. The van der Waals surface area contributed by atoms with E-state index < -0.39 is 0 Å². The van der Waals surface area contributed by atoms with Crippen LogP contribution in [0.5, 0.6) is 5.75 Å². The van der Waals surface area contributed by atoms with Gasteiger partial charge in [0.1, 0.15) is 11.4 Å². The van der Waals surface area contributed by atoms with Crippen LogP contribution < -0.4 is 4.74 Å². The normalized spacial score (nSPS) is 25.7. The van der Waals surface area contributed by atoms with E-state index in [1.165, 1.54) is 12.8 Å². The van der Waals surface area contributed by atoms with Gasteiger partial charge in [-0.25, -0.2) is 0 Å². The second kappa shape index (κ2) is 9.68. The van der Waals surface area contributed by atoms with Crippen molar-refractivity contribution in [1.29, 1.82) is 0 Å². The third-order valence-electron chi connectivity index (χ3n) is 6.98. The van der Waals surface area contributed by atoms with E-state index in [1.54, 1.807) is 4.90 Å². The molecular weight excluding hydrogens is 400 g/mol. The molecule has 2 heterocycles. The highest BCUT2D eigenvalue weighted by molar-refractivity contribution is 6.35. The second-order valence-electron chi connectivity index (χ2n) is 10.4. The fraction of sp³-hybridized carbons (Fsp3) is 0.630. The predicted molar refractivity (Wildman–Crippen MR) is 127 cm³/mol. The molecule has 2 amide bonds. The van der Waals surface area contributed by atoms with Crippen LogP contribution in [0.25, 0.3) is 5.57 Å². The molecule has 5 heteroatoms. The Bertz CT molecular complexity index is 855. The van der Waals surface area contributed by atoms with Crippen molar-refractivity contribution in [1.82, 2.24) is 9.80 Å². The molecule has 1 saturated heterocycles. The zero-order valence-corrected chi connectivity index (χ0v) is 20.1. The number of carbonyl (C=O) groups is 2. The number of amides is 2. The van der Waals surface area contributed by atoms with Gasteiger partial charge in [0.05, 0.1) is 11.7 Å². The molecule has 0 spiro atoms. The monoisotopic (exact) mass is 438 g/mol. The Morgan fingerprint density at radius 1 is 0.875 bits per heavy atom. The molecule has 2 fully saturated rings. The molecule has 3 aliphatic rings.